The highest BCUT2D eigenvalue weighted by molar-refractivity contribution is 8.93. The Labute approximate surface area is 80.4 Å². The molecule has 0 aliphatic carbocycles. The van der Waals surface area contributed by atoms with Gasteiger partial charge in [-0.25, -0.2) is 9.97 Å². The van der Waals surface area contributed by atoms with E-state index in [9.17, 15) is 0 Å². The Kier molecular flexibility index (Phi) is 2.60. The molecular weight excluding hydrogens is 218 g/mol. The summed E-state index contributed by atoms with van der Waals surface area (Å²) in [4.78, 5) is 7.92. The van der Waals surface area contributed by atoms with Gasteiger partial charge >= 0.3 is 0 Å². The Hall–Kier alpha value is -1.16. The molecule has 0 bridgehead atoms. The number of nitrogens with two attached hydrogens (primary N) is 1. The van der Waals surface area contributed by atoms with Crippen LogP contribution >= 0.6 is 17.0 Å². The molecule has 2 N–H and O–H groups in total. The van der Waals surface area contributed by atoms with Crippen LogP contribution in [0.25, 0.3) is 10.9 Å². The van der Waals surface area contributed by atoms with Crippen molar-refractivity contribution in [2.45, 2.75) is 0 Å². The minimum atomic E-state index is 0. The molecule has 0 aliphatic rings. The lowest BCUT2D eigenvalue weighted by molar-refractivity contribution is 1.23. The molecule has 1 heterocycles. The number of rotatable bonds is 0. The number of hydrogen-bond acceptors (Lipinski definition) is 3. The third-order valence-corrected chi connectivity index (χ3v) is 1.57. The van der Waals surface area contributed by atoms with Crippen LogP contribution in [-0.4, -0.2) is 9.97 Å². The van der Waals surface area contributed by atoms with Gasteiger partial charge in [0.1, 0.15) is 12.1 Å². The molecule has 2 aromatic rings. The monoisotopic (exact) mass is 225 g/mol. The van der Waals surface area contributed by atoms with E-state index in [-0.39, 0.29) is 17.0 Å². The second-order valence-electron chi connectivity index (χ2n) is 2.28. The molecule has 0 amide bonds. The fourth-order valence-electron chi connectivity index (χ4n) is 1.03. The number of hydrogen-bond donors (Lipinski definition) is 1. The largest absolute Gasteiger partial charge is 0.383 e. The third kappa shape index (κ3) is 1.38. The standard InChI is InChI=1S/C8H7N3.BrH/c9-8-6-3-1-2-4-7(6)10-5-11-8;/h1-5H,(H2,9,10,11);1H. The van der Waals surface area contributed by atoms with E-state index < -0.39 is 0 Å². The predicted octanol–water partition coefficient (Wildman–Crippen LogP) is 1.79. The summed E-state index contributed by atoms with van der Waals surface area (Å²) in [6.45, 7) is 0. The van der Waals surface area contributed by atoms with Gasteiger partial charge in [-0.1, -0.05) is 12.1 Å². The Bertz CT molecular complexity index is 383. The number of nitrogen functional groups attached to an aromatic ring is 1. The smallest absolute Gasteiger partial charge is 0.134 e. The van der Waals surface area contributed by atoms with Gasteiger partial charge in [0.25, 0.3) is 0 Å². The van der Waals surface area contributed by atoms with Gasteiger partial charge in [0.05, 0.1) is 5.52 Å². The molecule has 12 heavy (non-hydrogen) atoms. The van der Waals surface area contributed by atoms with Crippen LogP contribution in [0.5, 0.6) is 0 Å². The Morgan fingerprint density at radius 1 is 1.08 bits per heavy atom. The van der Waals surface area contributed by atoms with Crippen molar-refractivity contribution in [3.8, 4) is 0 Å². The topological polar surface area (TPSA) is 51.8 Å². The maximum Gasteiger partial charge on any atom is 0.134 e. The molecule has 3 nitrogen and oxygen atoms in total. The van der Waals surface area contributed by atoms with Gasteiger partial charge in [-0.15, -0.1) is 17.0 Å². The lowest BCUT2D eigenvalue weighted by Crippen LogP contribution is -1.91. The van der Waals surface area contributed by atoms with Crippen LogP contribution in [-0.2, 0) is 0 Å². The summed E-state index contributed by atoms with van der Waals surface area (Å²) >= 11 is 0. The summed E-state index contributed by atoms with van der Waals surface area (Å²) in [5.74, 6) is 0.538. The number of fused-ring (bicyclic) bond motifs is 1. The fourth-order valence-corrected chi connectivity index (χ4v) is 1.03. The van der Waals surface area contributed by atoms with Crippen LogP contribution < -0.4 is 5.73 Å². The zero-order valence-corrected chi connectivity index (χ0v) is 7.98. The quantitative estimate of drug-likeness (QED) is 0.744. The van der Waals surface area contributed by atoms with Crippen LogP contribution in [0.3, 0.4) is 0 Å². The average molecular weight is 226 g/mol. The summed E-state index contributed by atoms with van der Waals surface area (Å²) in [5, 5.41) is 0.912. The van der Waals surface area contributed by atoms with E-state index in [2.05, 4.69) is 9.97 Å². The van der Waals surface area contributed by atoms with E-state index >= 15 is 0 Å². The second-order valence-corrected chi connectivity index (χ2v) is 2.28. The first kappa shape index (κ1) is 8.93. The van der Waals surface area contributed by atoms with Crippen LogP contribution in [0.2, 0.25) is 0 Å². The average Bonchev–Trinajstić information content (AvgIpc) is 2.06. The van der Waals surface area contributed by atoms with E-state index in [0.717, 1.165) is 10.9 Å². The summed E-state index contributed by atoms with van der Waals surface area (Å²) in [6.07, 6.45) is 1.47. The Morgan fingerprint density at radius 3 is 2.58 bits per heavy atom. The highest BCUT2D eigenvalue weighted by Crippen LogP contribution is 2.14. The van der Waals surface area contributed by atoms with Crippen molar-refractivity contribution in [1.29, 1.82) is 0 Å². The van der Waals surface area contributed by atoms with Gasteiger partial charge in [-0.3, -0.25) is 0 Å². The van der Waals surface area contributed by atoms with E-state index in [4.69, 9.17) is 5.73 Å². The van der Waals surface area contributed by atoms with Crippen LogP contribution in [0.15, 0.2) is 30.6 Å². The van der Waals surface area contributed by atoms with Gasteiger partial charge < -0.3 is 5.73 Å². The van der Waals surface area contributed by atoms with Gasteiger partial charge in [0.2, 0.25) is 0 Å². The minimum Gasteiger partial charge on any atom is -0.383 e. The molecule has 0 saturated carbocycles. The molecule has 62 valence electrons. The van der Waals surface area contributed by atoms with Crippen LogP contribution in [0, 0.1) is 0 Å². The van der Waals surface area contributed by atoms with Gasteiger partial charge in [-0.2, -0.15) is 0 Å². The van der Waals surface area contributed by atoms with Gasteiger partial charge in [-0.05, 0) is 12.1 Å². The molecule has 0 saturated heterocycles. The first-order valence-corrected chi connectivity index (χ1v) is 3.33. The molecule has 0 unspecified atom stereocenters. The molecule has 2 rings (SSSR count). The highest BCUT2D eigenvalue weighted by Gasteiger charge is 1.95. The summed E-state index contributed by atoms with van der Waals surface area (Å²) in [6, 6.07) is 7.66. The van der Waals surface area contributed by atoms with E-state index in [1.807, 2.05) is 24.3 Å². The molecule has 0 aliphatic heterocycles. The van der Waals surface area contributed by atoms with Crippen molar-refractivity contribution < 1.29 is 0 Å². The number of nitrogens with zero attached hydrogens (tertiary/aromatic N) is 2. The molecule has 4 heteroatoms. The van der Waals surface area contributed by atoms with Crippen molar-refractivity contribution in [3.05, 3.63) is 30.6 Å². The van der Waals surface area contributed by atoms with Crippen molar-refractivity contribution >= 4 is 33.7 Å². The molecule has 1 aromatic heterocycles. The zero-order valence-electron chi connectivity index (χ0n) is 6.27. The molecular formula is C8H8BrN3. The number of anilines is 1. The summed E-state index contributed by atoms with van der Waals surface area (Å²) in [7, 11) is 0. The highest BCUT2D eigenvalue weighted by atomic mass is 79.9. The second kappa shape index (κ2) is 3.49. The van der Waals surface area contributed by atoms with E-state index in [1.165, 1.54) is 6.33 Å². The number of benzene rings is 1. The Morgan fingerprint density at radius 2 is 1.83 bits per heavy atom. The van der Waals surface area contributed by atoms with Gasteiger partial charge in [0.15, 0.2) is 0 Å². The fraction of sp³-hybridized carbons (Fsp3) is 0. The van der Waals surface area contributed by atoms with Crippen molar-refractivity contribution in [3.63, 3.8) is 0 Å². The van der Waals surface area contributed by atoms with Crippen molar-refractivity contribution in [1.82, 2.24) is 9.97 Å². The number of halogens is 1. The van der Waals surface area contributed by atoms with Crippen molar-refractivity contribution in [2.75, 3.05) is 5.73 Å². The first-order valence-electron chi connectivity index (χ1n) is 3.33. The number of para-hydroxylation sites is 1. The van der Waals surface area contributed by atoms with Crippen molar-refractivity contribution in [2.24, 2.45) is 0 Å². The molecule has 0 fully saturated rings. The maximum atomic E-state index is 5.61. The van der Waals surface area contributed by atoms with E-state index in [1.54, 1.807) is 0 Å². The van der Waals surface area contributed by atoms with Crippen LogP contribution in [0.4, 0.5) is 5.82 Å². The predicted molar refractivity (Wildman–Crippen MR) is 54.3 cm³/mol. The SMILES string of the molecule is Br.Nc1ncnc2ccccc12. The zero-order chi connectivity index (χ0) is 7.68. The lowest BCUT2D eigenvalue weighted by Gasteiger charge is -1.96. The third-order valence-electron chi connectivity index (χ3n) is 1.57. The lowest BCUT2D eigenvalue weighted by atomic mass is 10.2. The Balaban J connectivity index is 0.000000720. The molecule has 0 radical (unpaired) electrons. The summed E-state index contributed by atoms with van der Waals surface area (Å²) < 4.78 is 0. The maximum absolute atomic E-state index is 5.61. The van der Waals surface area contributed by atoms with Crippen LogP contribution in [0.1, 0.15) is 0 Å². The first-order chi connectivity index (χ1) is 5.38. The molecule has 1 aromatic carbocycles. The molecule has 0 spiro atoms. The van der Waals surface area contributed by atoms with E-state index in [0.29, 0.717) is 5.82 Å². The summed E-state index contributed by atoms with van der Waals surface area (Å²) in [5.41, 5.74) is 6.49. The normalized spacial score (nSPS) is 9.33. The minimum absolute atomic E-state index is 0. The number of aromatic nitrogens is 2. The van der Waals surface area contributed by atoms with Gasteiger partial charge in [0, 0.05) is 5.39 Å². The molecule has 0 atom stereocenters.